The van der Waals surface area contributed by atoms with Gasteiger partial charge < -0.3 is 14.3 Å². The summed E-state index contributed by atoms with van der Waals surface area (Å²) in [5.41, 5.74) is 1.47. The van der Waals surface area contributed by atoms with Crippen molar-refractivity contribution in [3.05, 3.63) is 34.8 Å². The van der Waals surface area contributed by atoms with E-state index in [2.05, 4.69) is 18.7 Å². The molecule has 0 aromatic rings. The molecule has 2 saturated heterocycles. The van der Waals surface area contributed by atoms with Gasteiger partial charge in [-0.15, -0.1) is 0 Å². The van der Waals surface area contributed by atoms with Crippen LogP contribution >= 0.6 is 0 Å². The molecule has 0 spiro atoms. The summed E-state index contributed by atoms with van der Waals surface area (Å²) in [7, 11) is 1.35. The monoisotopic (exact) mass is 395 g/mol. The van der Waals surface area contributed by atoms with Crippen molar-refractivity contribution in [1.82, 2.24) is 4.90 Å². The highest BCUT2D eigenvalue weighted by molar-refractivity contribution is 6.16. The van der Waals surface area contributed by atoms with Gasteiger partial charge in [-0.25, -0.2) is 4.79 Å². The molecule has 6 rings (SSSR count). The number of rotatable bonds is 1. The fraction of sp³-hybridized carbons (Fsp3) is 0.565. The molecule has 0 aromatic heterocycles. The second-order valence-corrected chi connectivity index (χ2v) is 9.56. The Balaban J connectivity index is 1.81. The standard InChI is InChI=1S/C23H25NO5/c1-11-9-24-10-12-4-5-15-16-13(6-7-29-15)17(21(26)28-3)18-19(16)22(12,2)23(24,27)8-14(11)20(18)25/h6-7,11-12,14,27H,4-5,8-10H2,1-3H3. The van der Waals surface area contributed by atoms with Gasteiger partial charge in [-0.1, -0.05) is 13.8 Å². The number of carbonyl (C=O) groups is 2. The number of aryl methyl sites for hydroxylation is 1. The third-order valence-corrected chi connectivity index (χ3v) is 8.54. The van der Waals surface area contributed by atoms with E-state index >= 15 is 0 Å². The molecule has 3 aliphatic carbocycles. The maximum Gasteiger partial charge on any atom is 0.339 e. The normalized spacial score (nSPS) is 37.7. The smallest absolute Gasteiger partial charge is 0.339 e. The van der Waals surface area contributed by atoms with Crippen LogP contribution in [0.2, 0.25) is 0 Å². The van der Waals surface area contributed by atoms with Crippen molar-refractivity contribution in [3.8, 4) is 11.1 Å². The van der Waals surface area contributed by atoms with Crippen LogP contribution in [0.5, 0.6) is 0 Å². The van der Waals surface area contributed by atoms with Crippen molar-refractivity contribution in [3.63, 3.8) is 0 Å². The first kappa shape index (κ1) is 17.7. The average Bonchev–Trinajstić information content (AvgIpc) is 3.09. The molecule has 6 aliphatic rings. The van der Waals surface area contributed by atoms with E-state index in [0.717, 1.165) is 36.3 Å². The summed E-state index contributed by atoms with van der Waals surface area (Å²) in [6.45, 7) is 5.68. The molecule has 5 unspecified atom stereocenters. The summed E-state index contributed by atoms with van der Waals surface area (Å²) in [6, 6.07) is 1.77. The highest BCUT2D eigenvalue weighted by atomic mass is 16.5. The number of Topliss-reactive ketones (excluding diaryl/α,β-unsaturated/α-hetero) is 1. The van der Waals surface area contributed by atoms with Crippen LogP contribution in [0.15, 0.2) is 16.7 Å². The first-order valence-electron chi connectivity index (χ1n) is 10.5. The van der Waals surface area contributed by atoms with Crippen molar-refractivity contribution < 1.29 is 23.8 Å². The van der Waals surface area contributed by atoms with E-state index in [1.807, 2.05) is 0 Å². The molecule has 1 N–H and O–H groups in total. The van der Waals surface area contributed by atoms with Crippen molar-refractivity contribution >= 4 is 11.8 Å². The molecule has 5 atom stereocenters. The zero-order chi connectivity index (χ0) is 20.3. The van der Waals surface area contributed by atoms with Gasteiger partial charge in [-0.2, -0.15) is 0 Å². The molecule has 6 heteroatoms. The van der Waals surface area contributed by atoms with Gasteiger partial charge in [0.05, 0.1) is 18.9 Å². The Morgan fingerprint density at radius 2 is 2.14 bits per heavy atom. The second kappa shape index (κ2) is 5.29. The van der Waals surface area contributed by atoms with Gasteiger partial charge in [0.2, 0.25) is 0 Å². The Hall–Kier alpha value is -2.18. The van der Waals surface area contributed by atoms with E-state index in [1.54, 1.807) is 12.3 Å². The van der Waals surface area contributed by atoms with Crippen LogP contribution in [-0.4, -0.2) is 47.7 Å². The number of hydrogen-bond donors (Lipinski definition) is 1. The third kappa shape index (κ3) is 1.78. The molecule has 0 radical (unpaired) electrons. The molecule has 152 valence electrons. The Morgan fingerprint density at radius 1 is 1.34 bits per heavy atom. The minimum Gasteiger partial charge on any atom is -0.469 e. The molecule has 0 saturated carbocycles. The fourth-order valence-corrected chi connectivity index (χ4v) is 7.04. The van der Waals surface area contributed by atoms with Crippen LogP contribution in [0.4, 0.5) is 0 Å². The summed E-state index contributed by atoms with van der Waals surface area (Å²) < 4.78 is 11.0. The molecule has 2 bridgehead atoms. The SMILES string of the molecule is COC(=O)c1c2ccoc3c-2c2c1C(=O)C1CC4(O)N(CC1C)CC(CC3)C24C. The Kier molecular flexibility index (Phi) is 3.22. The predicted molar refractivity (Wildman–Crippen MR) is 104 cm³/mol. The van der Waals surface area contributed by atoms with Crippen LogP contribution in [0.1, 0.15) is 58.7 Å². The van der Waals surface area contributed by atoms with Crippen molar-refractivity contribution in [2.75, 3.05) is 20.2 Å². The largest absolute Gasteiger partial charge is 0.469 e. The predicted octanol–water partition coefficient (Wildman–Crippen LogP) is 2.85. The zero-order valence-corrected chi connectivity index (χ0v) is 16.9. The number of ketones is 1. The number of piperidine rings is 1. The number of methoxy groups -OCH3 is 1. The minimum atomic E-state index is -1.10. The number of nitrogens with zero attached hydrogens (tertiary/aromatic N) is 1. The summed E-state index contributed by atoms with van der Waals surface area (Å²) in [5, 5.41) is 12.1. The number of fused-ring (bicyclic) bond motifs is 1. The lowest BCUT2D eigenvalue weighted by atomic mass is 9.65. The molecular formula is C23H25NO5. The molecule has 6 nitrogen and oxygen atoms in total. The van der Waals surface area contributed by atoms with Crippen LogP contribution in [0.3, 0.4) is 0 Å². The number of carbonyl (C=O) groups excluding carboxylic acids is 2. The third-order valence-electron chi connectivity index (χ3n) is 8.54. The summed E-state index contributed by atoms with van der Waals surface area (Å²) in [6.07, 6.45) is 3.62. The Morgan fingerprint density at radius 3 is 2.90 bits per heavy atom. The number of ether oxygens (including phenoxy) is 1. The van der Waals surface area contributed by atoms with Crippen LogP contribution in [0.25, 0.3) is 11.1 Å². The van der Waals surface area contributed by atoms with Crippen LogP contribution in [0, 0.1) is 17.8 Å². The van der Waals surface area contributed by atoms with Crippen LogP contribution in [-0.2, 0) is 16.6 Å². The van der Waals surface area contributed by atoms with Crippen molar-refractivity contribution in [1.29, 1.82) is 0 Å². The summed E-state index contributed by atoms with van der Waals surface area (Å²) in [4.78, 5) is 29.0. The molecule has 0 amide bonds. The average molecular weight is 395 g/mol. The highest BCUT2D eigenvalue weighted by Crippen LogP contribution is 2.64. The van der Waals surface area contributed by atoms with E-state index in [0.29, 0.717) is 29.7 Å². The Bertz CT molecular complexity index is 1060. The lowest BCUT2D eigenvalue weighted by Crippen LogP contribution is -2.60. The van der Waals surface area contributed by atoms with Gasteiger partial charge in [0.25, 0.3) is 0 Å². The molecule has 2 fully saturated rings. The minimum absolute atomic E-state index is 0.0283. The van der Waals surface area contributed by atoms with E-state index < -0.39 is 17.1 Å². The molecule has 3 heterocycles. The zero-order valence-electron chi connectivity index (χ0n) is 16.9. The number of aliphatic hydroxyl groups is 1. The molecule has 29 heavy (non-hydrogen) atoms. The molecular weight excluding hydrogens is 370 g/mol. The quantitative estimate of drug-likeness (QED) is 0.748. The first-order chi connectivity index (χ1) is 13.8. The van der Waals surface area contributed by atoms with E-state index in [9.17, 15) is 14.7 Å². The van der Waals surface area contributed by atoms with Gasteiger partial charge in [0, 0.05) is 54.0 Å². The fourth-order valence-electron chi connectivity index (χ4n) is 7.04. The second-order valence-electron chi connectivity index (χ2n) is 9.56. The molecule has 3 aliphatic heterocycles. The van der Waals surface area contributed by atoms with Gasteiger partial charge in [-0.05, 0) is 29.9 Å². The lowest BCUT2D eigenvalue weighted by molar-refractivity contribution is -0.161. The van der Waals surface area contributed by atoms with Crippen LogP contribution < -0.4 is 0 Å². The lowest BCUT2D eigenvalue weighted by Gasteiger charge is -2.50. The molecule has 0 aromatic carbocycles. The number of hydrogen-bond acceptors (Lipinski definition) is 6. The van der Waals surface area contributed by atoms with Crippen molar-refractivity contribution in [2.45, 2.75) is 44.2 Å². The number of esters is 1. The van der Waals surface area contributed by atoms with Gasteiger partial charge >= 0.3 is 5.97 Å². The highest BCUT2D eigenvalue weighted by Gasteiger charge is 2.69. The van der Waals surface area contributed by atoms with E-state index in [4.69, 9.17) is 9.15 Å². The maximum absolute atomic E-state index is 13.9. The topological polar surface area (TPSA) is 80.0 Å². The maximum atomic E-state index is 13.9. The Labute approximate surface area is 169 Å². The van der Waals surface area contributed by atoms with Gasteiger partial charge in [-0.3, -0.25) is 9.69 Å². The summed E-state index contributed by atoms with van der Waals surface area (Å²) >= 11 is 0. The van der Waals surface area contributed by atoms with Crippen molar-refractivity contribution in [2.24, 2.45) is 17.8 Å². The first-order valence-corrected chi connectivity index (χ1v) is 10.5. The van der Waals surface area contributed by atoms with E-state index in [-0.39, 0.29) is 23.5 Å². The van der Waals surface area contributed by atoms with Gasteiger partial charge in [0.15, 0.2) is 5.78 Å². The van der Waals surface area contributed by atoms with Gasteiger partial charge in [0.1, 0.15) is 11.5 Å². The van der Waals surface area contributed by atoms with E-state index in [1.165, 1.54) is 7.11 Å². The summed E-state index contributed by atoms with van der Waals surface area (Å²) in [5.74, 6) is 0.271.